The van der Waals surface area contributed by atoms with Crippen molar-refractivity contribution in [2.45, 2.75) is 26.2 Å². The second-order valence-corrected chi connectivity index (χ2v) is 6.52. The number of amides is 1. The van der Waals surface area contributed by atoms with E-state index in [1.165, 1.54) is 0 Å². The van der Waals surface area contributed by atoms with Gasteiger partial charge in [-0.25, -0.2) is 0 Å². The first-order valence-electron chi connectivity index (χ1n) is 9.31. The van der Waals surface area contributed by atoms with Crippen molar-refractivity contribution in [1.29, 1.82) is 0 Å². The molecule has 0 bridgehead atoms. The highest BCUT2D eigenvalue weighted by atomic mass is 32.1. The van der Waals surface area contributed by atoms with Crippen LogP contribution in [0.5, 0.6) is 11.5 Å². The van der Waals surface area contributed by atoms with Crippen molar-refractivity contribution in [2.24, 2.45) is 0 Å². The van der Waals surface area contributed by atoms with Gasteiger partial charge >= 0.3 is 0 Å². The molecule has 0 atom stereocenters. The van der Waals surface area contributed by atoms with Gasteiger partial charge in [0.25, 0.3) is 5.91 Å². The summed E-state index contributed by atoms with van der Waals surface area (Å²) in [6.45, 7) is 6.87. The number of thiocarbonyl (C=S) groups is 1. The molecule has 0 unspecified atom stereocenters. The van der Waals surface area contributed by atoms with Crippen LogP contribution >= 0.6 is 12.2 Å². The fourth-order valence-electron chi connectivity index (χ4n) is 2.40. The van der Waals surface area contributed by atoms with Crippen molar-refractivity contribution in [3.05, 3.63) is 66.7 Å². The third-order valence-corrected chi connectivity index (χ3v) is 4.02. The average Bonchev–Trinajstić information content (AvgIpc) is 2.70. The van der Waals surface area contributed by atoms with Gasteiger partial charge in [-0.3, -0.25) is 10.1 Å². The van der Waals surface area contributed by atoms with Crippen LogP contribution in [-0.4, -0.2) is 24.2 Å². The summed E-state index contributed by atoms with van der Waals surface area (Å²) in [4.78, 5) is 12.3. The molecule has 0 radical (unpaired) electrons. The molecule has 0 saturated carbocycles. The lowest BCUT2D eigenvalue weighted by atomic mass is 10.2. The summed E-state index contributed by atoms with van der Waals surface area (Å²) < 4.78 is 11.1. The van der Waals surface area contributed by atoms with Crippen LogP contribution in [-0.2, 0) is 0 Å². The van der Waals surface area contributed by atoms with Crippen LogP contribution in [0.3, 0.4) is 0 Å². The lowest BCUT2D eigenvalue weighted by Crippen LogP contribution is -2.34. The molecule has 2 aromatic rings. The molecular formula is C22H26N2O3S. The quantitative estimate of drug-likeness (QED) is 0.337. The van der Waals surface area contributed by atoms with E-state index in [0.717, 1.165) is 30.7 Å². The number of benzene rings is 2. The number of unbranched alkanes of at least 4 members (excludes halogenated alkanes) is 2. The topological polar surface area (TPSA) is 59.6 Å². The summed E-state index contributed by atoms with van der Waals surface area (Å²) in [5, 5.41) is 5.86. The highest BCUT2D eigenvalue weighted by Gasteiger charge is 2.08. The van der Waals surface area contributed by atoms with E-state index in [4.69, 9.17) is 21.7 Å². The molecule has 148 valence electrons. The van der Waals surface area contributed by atoms with Gasteiger partial charge in [-0.05, 0) is 55.0 Å². The Morgan fingerprint density at radius 3 is 2.61 bits per heavy atom. The Morgan fingerprint density at radius 2 is 1.89 bits per heavy atom. The number of rotatable bonds is 10. The van der Waals surface area contributed by atoms with E-state index in [1.54, 1.807) is 36.4 Å². The maximum absolute atomic E-state index is 12.3. The van der Waals surface area contributed by atoms with E-state index in [9.17, 15) is 4.79 Å². The van der Waals surface area contributed by atoms with Crippen molar-refractivity contribution in [3.63, 3.8) is 0 Å². The van der Waals surface area contributed by atoms with Crippen LogP contribution in [0.2, 0.25) is 0 Å². The molecule has 1 amide bonds. The monoisotopic (exact) mass is 398 g/mol. The minimum Gasteiger partial charge on any atom is -0.494 e. The second-order valence-electron chi connectivity index (χ2n) is 6.12. The summed E-state index contributed by atoms with van der Waals surface area (Å²) in [5.74, 6) is 1.16. The third-order valence-electron chi connectivity index (χ3n) is 3.82. The molecule has 0 aliphatic heterocycles. The Morgan fingerprint density at radius 1 is 1.11 bits per heavy atom. The summed E-state index contributed by atoms with van der Waals surface area (Å²) in [6.07, 6.45) is 5.00. The summed E-state index contributed by atoms with van der Waals surface area (Å²) in [5.41, 5.74) is 1.23. The van der Waals surface area contributed by atoms with Crippen molar-refractivity contribution in [2.75, 3.05) is 18.5 Å². The maximum atomic E-state index is 12.3. The van der Waals surface area contributed by atoms with Gasteiger partial charge in [0.05, 0.1) is 6.61 Å². The van der Waals surface area contributed by atoms with Crippen molar-refractivity contribution >= 4 is 28.9 Å². The summed E-state index contributed by atoms with van der Waals surface area (Å²) >= 11 is 5.23. The first-order valence-corrected chi connectivity index (χ1v) is 9.72. The van der Waals surface area contributed by atoms with Crippen LogP contribution in [0.15, 0.2) is 61.2 Å². The third kappa shape index (κ3) is 7.40. The minimum atomic E-state index is -0.283. The fraction of sp³-hybridized carbons (Fsp3) is 0.273. The number of carbonyl (C=O) groups is 1. The van der Waals surface area contributed by atoms with Gasteiger partial charge in [0.1, 0.15) is 18.1 Å². The zero-order valence-corrected chi connectivity index (χ0v) is 16.9. The Kier molecular flexibility index (Phi) is 9.01. The van der Waals surface area contributed by atoms with Crippen LogP contribution in [0.25, 0.3) is 0 Å². The van der Waals surface area contributed by atoms with Gasteiger partial charge in [-0.15, -0.1) is 0 Å². The lowest BCUT2D eigenvalue weighted by molar-refractivity contribution is 0.0977. The molecule has 5 nitrogen and oxygen atoms in total. The highest BCUT2D eigenvalue weighted by Crippen LogP contribution is 2.17. The van der Waals surface area contributed by atoms with Gasteiger partial charge in [-0.2, -0.15) is 0 Å². The molecule has 0 fully saturated rings. The summed E-state index contributed by atoms with van der Waals surface area (Å²) in [6, 6.07) is 14.3. The standard InChI is InChI=1S/C22H26N2O3S/c1-3-5-6-15-27-19-12-10-17(11-13-19)21(25)24-22(28)23-18-8-7-9-20(16-18)26-14-4-2/h4,7-13,16H,2-3,5-6,14-15H2,1H3,(H2,23,24,25,28). The normalized spacial score (nSPS) is 10.0. The van der Waals surface area contributed by atoms with Crippen LogP contribution in [0.1, 0.15) is 36.5 Å². The first-order chi connectivity index (χ1) is 13.6. The van der Waals surface area contributed by atoms with E-state index in [0.29, 0.717) is 24.5 Å². The summed E-state index contributed by atoms with van der Waals surface area (Å²) in [7, 11) is 0. The lowest BCUT2D eigenvalue weighted by Gasteiger charge is -2.11. The van der Waals surface area contributed by atoms with Crippen molar-refractivity contribution in [1.82, 2.24) is 5.32 Å². The van der Waals surface area contributed by atoms with E-state index in [1.807, 2.05) is 18.2 Å². The average molecular weight is 399 g/mol. The van der Waals surface area contributed by atoms with Gasteiger partial charge < -0.3 is 14.8 Å². The van der Waals surface area contributed by atoms with Crippen LogP contribution in [0, 0.1) is 0 Å². The Balaban J connectivity index is 1.84. The Bertz CT molecular complexity index is 791. The number of anilines is 1. The maximum Gasteiger partial charge on any atom is 0.257 e. The molecule has 0 aliphatic rings. The second kappa shape index (κ2) is 11.8. The van der Waals surface area contributed by atoms with Gasteiger partial charge in [-0.1, -0.05) is 38.5 Å². The molecule has 2 aromatic carbocycles. The highest BCUT2D eigenvalue weighted by molar-refractivity contribution is 7.80. The zero-order valence-electron chi connectivity index (χ0n) is 16.1. The predicted molar refractivity (Wildman–Crippen MR) is 117 cm³/mol. The van der Waals surface area contributed by atoms with E-state index in [-0.39, 0.29) is 11.0 Å². The molecular weight excluding hydrogens is 372 g/mol. The predicted octanol–water partition coefficient (Wildman–Crippen LogP) is 4.95. The van der Waals surface area contributed by atoms with Crippen LogP contribution in [0.4, 0.5) is 5.69 Å². The van der Waals surface area contributed by atoms with Crippen molar-refractivity contribution < 1.29 is 14.3 Å². The van der Waals surface area contributed by atoms with E-state index < -0.39 is 0 Å². The number of carbonyl (C=O) groups excluding carboxylic acids is 1. The number of hydrogen-bond donors (Lipinski definition) is 2. The molecule has 0 heterocycles. The molecule has 0 aliphatic carbocycles. The Hall–Kier alpha value is -2.86. The van der Waals surface area contributed by atoms with Gasteiger partial charge in [0.15, 0.2) is 5.11 Å². The molecule has 28 heavy (non-hydrogen) atoms. The van der Waals surface area contributed by atoms with Crippen molar-refractivity contribution in [3.8, 4) is 11.5 Å². The molecule has 2 rings (SSSR count). The van der Waals surface area contributed by atoms with E-state index >= 15 is 0 Å². The molecule has 0 saturated heterocycles. The van der Waals surface area contributed by atoms with Gasteiger partial charge in [0, 0.05) is 17.3 Å². The SMILES string of the molecule is C=CCOc1cccc(NC(=S)NC(=O)c2ccc(OCCCCC)cc2)c1. The largest absolute Gasteiger partial charge is 0.494 e. The number of hydrogen-bond acceptors (Lipinski definition) is 4. The minimum absolute atomic E-state index is 0.214. The number of ether oxygens (including phenoxy) is 2. The molecule has 0 spiro atoms. The zero-order chi connectivity index (χ0) is 20.2. The van der Waals surface area contributed by atoms with Gasteiger partial charge in [0.2, 0.25) is 0 Å². The Labute approximate surface area is 171 Å². The number of nitrogens with one attached hydrogen (secondary N) is 2. The molecule has 6 heteroatoms. The fourth-order valence-corrected chi connectivity index (χ4v) is 2.61. The smallest absolute Gasteiger partial charge is 0.257 e. The molecule has 0 aromatic heterocycles. The molecule has 2 N–H and O–H groups in total. The van der Waals surface area contributed by atoms with E-state index in [2.05, 4.69) is 24.1 Å². The first kappa shape index (κ1) is 21.4. The van der Waals surface area contributed by atoms with Crippen LogP contribution < -0.4 is 20.1 Å².